The Hall–Kier alpha value is -1.78. The van der Waals surface area contributed by atoms with Crippen LogP contribution in [-0.4, -0.2) is 23.2 Å². The fraction of sp³-hybridized carbons (Fsp3) is 0.500. The second-order valence-corrected chi connectivity index (χ2v) is 5.20. The van der Waals surface area contributed by atoms with Crippen LogP contribution in [0.4, 0.5) is 15.8 Å². The highest BCUT2D eigenvalue weighted by atomic mass is 19.1. The van der Waals surface area contributed by atoms with Gasteiger partial charge in [0, 0.05) is 12.1 Å². The average molecular weight is 266 g/mol. The van der Waals surface area contributed by atoms with Crippen LogP contribution in [-0.2, 0) is 0 Å². The third kappa shape index (κ3) is 2.37. The van der Waals surface area contributed by atoms with Crippen molar-refractivity contribution in [2.45, 2.75) is 45.2 Å². The number of piperidine rings is 1. The number of carbonyl (C=O) groups is 1. The van der Waals surface area contributed by atoms with E-state index < -0.39 is 11.8 Å². The summed E-state index contributed by atoms with van der Waals surface area (Å²) in [6.45, 7) is 4.11. The molecule has 19 heavy (non-hydrogen) atoms. The highest BCUT2D eigenvalue weighted by Crippen LogP contribution is 2.35. The maximum atomic E-state index is 13.5. The van der Waals surface area contributed by atoms with Crippen molar-refractivity contribution in [2.75, 3.05) is 10.6 Å². The summed E-state index contributed by atoms with van der Waals surface area (Å²) in [5.41, 5.74) is 5.71. The fourth-order valence-corrected chi connectivity index (χ4v) is 2.92. The monoisotopic (exact) mass is 266 g/mol. The van der Waals surface area contributed by atoms with Gasteiger partial charge in [-0.2, -0.15) is 0 Å². The van der Waals surface area contributed by atoms with Crippen molar-refractivity contribution in [3.8, 4) is 0 Å². The van der Waals surface area contributed by atoms with Crippen LogP contribution in [0.1, 0.15) is 43.5 Å². The van der Waals surface area contributed by atoms with Crippen molar-refractivity contribution < 1.29 is 14.3 Å². The molecule has 2 rings (SSSR count). The van der Waals surface area contributed by atoms with Crippen molar-refractivity contribution >= 4 is 17.3 Å². The third-order valence-corrected chi connectivity index (χ3v) is 3.86. The van der Waals surface area contributed by atoms with Gasteiger partial charge in [0.15, 0.2) is 0 Å². The molecule has 1 aliphatic rings. The van der Waals surface area contributed by atoms with E-state index >= 15 is 0 Å². The Morgan fingerprint density at radius 3 is 2.47 bits per heavy atom. The molecule has 1 aromatic carbocycles. The van der Waals surface area contributed by atoms with E-state index in [1.807, 2.05) is 4.90 Å². The normalized spacial score (nSPS) is 23.4. The maximum absolute atomic E-state index is 13.5. The van der Waals surface area contributed by atoms with Crippen LogP contribution in [0.15, 0.2) is 12.1 Å². The predicted molar refractivity (Wildman–Crippen MR) is 73.0 cm³/mol. The summed E-state index contributed by atoms with van der Waals surface area (Å²) in [7, 11) is 0. The molecule has 5 heteroatoms. The van der Waals surface area contributed by atoms with E-state index in [2.05, 4.69) is 13.8 Å². The average Bonchev–Trinajstić information content (AvgIpc) is 2.33. The molecule has 0 amide bonds. The summed E-state index contributed by atoms with van der Waals surface area (Å²) in [6.07, 6.45) is 3.12. The van der Waals surface area contributed by atoms with Crippen molar-refractivity contribution in [2.24, 2.45) is 0 Å². The summed E-state index contributed by atoms with van der Waals surface area (Å²) < 4.78 is 13.5. The number of rotatable bonds is 2. The number of benzene rings is 1. The summed E-state index contributed by atoms with van der Waals surface area (Å²) in [5, 5.41) is 9.30. The van der Waals surface area contributed by atoms with Crippen molar-refractivity contribution in [1.82, 2.24) is 0 Å². The van der Waals surface area contributed by atoms with Crippen LogP contribution < -0.4 is 10.6 Å². The smallest absolute Gasteiger partial charge is 0.340 e. The van der Waals surface area contributed by atoms with Gasteiger partial charge in [-0.3, -0.25) is 0 Å². The van der Waals surface area contributed by atoms with E-state index in [4.69, 9.17) is 5.73 Å². The summed E-state index contributed by atoms with van der Waals surface area (Å²) >= 11 is 0. The van der Waals surface area contributed by atoms with Gasteiger partial charge < -0.3 is 15.7 Å². The second-order valence-electron chi connectivity index (χ2n) is 5.20. The lowest BCUT2D eigenvalue weighted by Crippen LogP contribution is -2.44. The van der Waals surface area contributed by atoms with Gasteiger partial charge in [-0.15, -0.1) is 0 Å². The molecule has 1 saturated heterocycles. The highest BCUT2D eigenvalue weighted by molar-refractivity contribution is 6.00. The van der Waals surface area contributed by atoms with Gasteiger partial charge in [0.2, 0.25) is 0 Å². The van der Waals surface area contributed by atoms with Crippen LogP contribution in [0, 0.1) is 5.82 Å². The Labute approximate surface area is 112 Å². The Bertz CT molecular complexity index is 494. The van der Waals surface area contributed by atoms with Crippen LogP contribution in [0.2, 0.25) is 0 Å². The molecule has 104 valence electrons. The topological polar surface area (TPSA) is 66.6 Å². The van der Waals surface area contributed by atoms with E-state index in [1.54, 1.807) is 0 Å². The van der Waals surface area contributed by atoms with Crippen LogP contribution in [0.25, 0.3) is 0 Å². The molecule has 0 radical (unpaired) electrons. The first kappa shape index (κ1) is 13.6. The van der Waals surface area contributed by atoms with Gasteiger partial charge in [0.05, 0.1) is 11.4 Å². The zero-order valence-corrected chi connectivity index (χ0v) is 11.2. The largest absolute Gasteiger partial charge is 0.478 e. The van der Waals surface area contributed by atoms with Crippen LogP contribution in [0.3, 0.4) is 0 Å². The maximum Gasteiger partial charge on any atom is 0.340 e. The molecule has 1 aliphatic heterocycles. The molecular formula is C14H19FN2O2. The zero-order valence-electron chi connectivity index (χ0n) is 11.2. The zero-order chi connectivity index (χ0) is 14.2. The van der Waals surface area contributed by atoms with Gasteiger partial charge in [0.25, 0.3) is 0 Å². The molecule has 0 bridgehead atoms. The van der Waals surface area contributed by atoms with Gasteiger partial charge >= 0.3 is 5.97 Å². The molecule has 1 fully saturated rings. The lowest BCUT2D eigenvalue weighted by Gasteiger charge is -2.41. The number of carboxylic acid groups (broad SMARTS) is 1. The molecule has 4 nitrogen and oxygen atoms in total. The van der Waals surface area contributed by atoms with E-state index in [9.17, 15) is 14.3 Å². The molecule has 1 heterocycles. The minimum Gasteiger partial charge on any atom is -0.478 e. The quantitative estimate of drug-likeness (QED) is 0.808. The molecule has 0 spiro atoms. The number of nitrogens with zero attached hydrogens (tertiary/aromatic N) is 1. The van der Waals surface area contributed by atoms with Crippen molar-refractivity contribution in [3.63, 3.8) is 0 Å². The number of halogens is 1. The first-order valence-corrected chi connectivity index (χ1v) is 6.53. The molecule has 0 saturated carbocycles. The number of anilines is 2. The van der Waals surface area contributed by atoms with Crippen molar-refractivity contribution in [1.29, 1.82) is 0 Å². The summed E-state index contributed by atoms with van der Waals surface area (Å²) in [4.78, 5) is 13.4. The Morgan fingerprint density at radius 1 is 1.37 bits per heavy atom. The fourth-order valence-electron chi connectivity index (χ4n) is 2.92. The molecule has 0 aromatic heterocycles. The van der Waals surface area contributed by atoms with Crippen molar-refractivity contribution in [3.05, 3.63) is 23.5 Å². The summed E-state index contributed by atoms with van der Waals surface area (Å²) in [5.74, 6) is -1.87. The Balaban J connectivity index is 2.55. The standard InChI is InChI=1S/C14H19FN2O2/c1-8-4-3-5-9(2)17(8)11-7-6-10(15)13(16)12(11)14(18)19/h6-9H,3-5,16H2,1-2H3,(H,18,19)/t8-,9+. The Morgan fingerprint density at radius 2 is 1.95 bits per heavy atom. The van der Waals surface area contributed by atoms with Crippen LogP contribution >= 0.6 is 0 Å². The van der Waals surface area contributed by atoms with Crippen LogP contribution in [0.5, 0.6) is 0 Å². The lowest BCUT2D eigenvalue weighted by atomic mass is 9.95. The van der Waals surface area contributed by atoms with Gasteiger partial charge in [-0.1, -0.05) is 0 Å². The number of hydrogen-bond donors (Lipinski definition) is 2. The number of carboxylic acids is 1. The first-order valence-electron chi connectivity index (χ1n) is 6.53. The molecule has 0 aliphatic carbocycles. The van der Waals surface area contributed by atoms with E-state index in [0.29, 0.717) is 5.69 Å². The summed E-state index contributed by atoms with van der Waals surface area (Å²) in [6, 6.07) is 3.22. The molecule has 0 unspecified atom stereocenters. The molecular weight excluding hydrogens is 247 g/mol. The third-order valence-electron chi connectivity index (χ3n) is 3.86. The Kier molecular flexibility index (Phi) is 3.64. The highest BCUT2D eigenvalue weighted by Gasteiger charge is 2.29. The van der Waals surface area contributed by atoms with E-state index in [1.165, 1.54) is 12.1 Å². The number of hydrogen-bond acceptors (Lipinski definition) is 3. The van der Waals surface area contributed by atoms with Gasteiger partial charge in [-0.25, -0.2) is 9.18 Å². The predicted octanol–water partition coefficient (Wildman–Crippen LogP) is 2.87. The van der Waals surface area contributed by atoms with E-state index in [-0.39, 0.29) is 23.3 Å². The second kappa shape index (κ2) is 5.07. The lowest BCUT2D eigenvalue weighted by molar-refractivity contribution is 0.0698. The molecule has 2 atom stereocenters. The molecule has 1 aromatic rings. The number of nitrogens with two attached hydrogens (primary N) is 1. The number of aromatic carboxylic acids is 1. The minimum absolute atomic E-state index is 0.124. The first-order chi connectivity index (χ1) is 8.93. The number of nitrogen functional groups attached to an aromatic ring is 1. The SMILES string of the molecule is C[C@@H]1CCC[C@H](C)N1c1ccc(F)c(N)c1C(=O)O. The minimum atomic E-state index is -1.18. The van der Waals surface area contributed by atoms with Gasteiger partial charge in [0.1, 0.15) is 11.4 Å². The molecule has 3 N–H and O–H groups in total. The van der Waals surface area contributed by atoms with Gasteiger partial charge in [-0.05, 0) is 45.2 Å². The van der Waals surface area contributed by atoms with E-state index in [0.717, 1.165) is 19.3 Å².